The number of hydrogen-bond donors (Lipinski definition) is 0. The van der Waals surface area contributed by atoms with Crippen LogP contribution in [0, 0.1) is 11.3 Å². The summed E-state index contributed by atoms with van der Waals surface area (Å²) in [6.07, 6.45) is 1.57. The maximum absolute atomic E-state index is 8.49. The zero-order valence-corrected chi connectivity index (χ0v) is 7.53. The van der Waals surface area contributed by atoms with Crippen molar-refractivity contribution in [3.63, 3.8) is 0 Å². The third-order valence-corrected chi connectivity index (χ3v) is 2.29. The zero-order valence-electron chi connectivity index (χ0n) is 6.71. The lowest BCUT2D eigenvalue weighted by Crippen LogP contribution is -1.98. The molecule has 0 aliphatic carbocycles. The second-order valence-corrected chi connectivity index (χ2v) is 3.29. The molecule has 5 heteroatoms. The quantitative estimate of drug-likeness (QED) is 0.716. The Hall–Kier alpha value is -1.67. The molecule has 0 aromatic carbocycles. The largest absolute Gasteiger partial charge is 0.252 e. The topological polar surface area (TPSA) is 54.5 Å². The van der Waals surface area contributed by atoms with E-state index in [2.05, 4.69) is 10.1 Å². The Bertz CT molecular complexity index is 423. The minimum atomic E-state index is 0.218. The average Bonchev–Trinajstić information content (AvgIpc) is 2.76. The first kappa shape index (κ1) is 7.95. The van der Waals surface area contributed by atoms with E-state index >= 15 is 0 Å². The van der Waals surface area contributed by atoms with Crippen molar-refractivity contribution >= 4 is 11.3 Å². The number of aromatic nitrogens is 3. The monoisotopic (exact) mass is 190 g/mol. The highest BCUT2D eigenvalue weighted by atomic mass is 32.1. The summed E-state index contributed by atoms with van der Waals surface area (Å²) in [4.78, 5) is 3.81. The summed E-state index contributed by atoms with van der Waals surface area (Å²) in [6, 6.07) is 3.91. The fourth-order valence-corrected chi connectivity index (χ4v) is 1.65. The number of thiophene rings is 1. The van der Waals surface area contributed by atoms with Crippen molar-refractivity contribution in [2.45, 2.75) is 6.54 Å². The molecule has 0 bridgehead atoms. The van der Waals surface area contributed by atoms with Crippen molar-refractivity contribution in [1.82, 2.24) is 14.8 Å². The number of hydrogen-bond acceptors (Lipinski definition) is 4. The van der Waals surface area contributed by atoms with Crippen molar-refractivity contribution in [1.29, 1.82) is 5.26 Å². The van der Waals surface area contributed by atoms with E-state index in [-0.39, 0.29) is 5.82 Å². The predicted octanol–water partition coefficient (Wildman–Crippen LogP) is 1.26. The molecule has 4 nitrogen and oxygen atoms in total. The van der Waals surface area contributed by atoms with Crippen LogP contribution in [0.3, 0.4) is 0 Å². The van der Waals surface area contributed by atoms with Crippen LogP contribution in [0.2, 0.25) is 0 Å². The molecule has 0 saturated heterocycles. The Morgan fingerprint density at radius 3 is 3.15 bits per heavy atom. The molecule has 2 heterocycles. The highest BCUT2D eigenvalue weighted by molar-refractivity contribution is 7.07. The van der Waals surface area contributed by atoms with E-state index in [4.69, 9.17) is 5.26 Å². The lowest BCUT2D eigenvalue weighted by molar-refractivity contribution is 0.684. The van der Waals surface area contributed by atoms with Gasteiger partial charge in [0.1, 0.15) is 12.4 Å². The van der Waals surface area contributed by atoms with Gasteiger partial charge in [0.25, 0.3) is 5.82 Å². The Morgan fingerprint density at radius 2 is 2.54 bits per heavy atom. The van der Waals surface area contributed by atoms with Gasteiger partial charge in [-0.15, -0.1) is 5.10 Å². The van der Waals surface area contributed by atoms with Gasteiger partial charge in [0.15, 0.2) is 0 Å². The molecule has 0 saturated carbocycles. The molecule has 0 aliphatic heterocycles. The second-order valence-electron chi connectivity index (χ2n) is 2.51. The summed E-state index contributed by atoms with van der Waals surface area (Å²) >= 11 is 1.64. The van der Waals surface area contributed by atoms with Crippen LogP contribution in [-0.2, 0) is 6.54 Å². The molecule has 0 atom stereocenters. The SMILES string of the molecule is N#Cc1ncn(Cc2ccsc2)n1. The van der Waals surface area contributed by atoms with Crippen LogP contribution in [0.1, 0.15) is 11.4 Å². The highest BCUT2D eigenvalue weighted by Crippen LogP contribution is 2.06. The van der Waals surface area contributed by atoms with Gasteiger partial charge >= 0.3 is 0 Å². The van der Waals surface area contributed by atoms with E-state index in [1.807, 2.05) is 22.9 Å². The summed E-state index contributed by atoms with van der Waals surface area (Å²) in [7, 11) is 0. The van der Waals surface area contributed by atoms with E-state index in [0.29, 0.717) is 6.54 Å². The zero-order chi connectivity index (χ0) is 9.10. The molecule has 2 rings (SSSR count). The molecule has 0 spiro atoms. The minimum absolute atomic E-state index is 0.218. The molecule has 0 radical (unpaired) electrons. The molecule has 2 aromatic heterocycles. The van der Waals surface area contributed by atoms with Crippen molar-refractivity contribution < 1.29 is 0 Å². The van der Waals surface area contributed by atoms with E-state index in [1.54, 1.807) is 22.3 Å². The number of rotatable bonds is 2. The third-order valence-electron chi connectivity index (χ3n) is 1.56. The Labute approximate surface area is 79.1 Å². The van der Waals surface area contributed by atoms with Crippen molar-refractivity contribution in [2.75, 3.05) is 0 Å². The van der Waals surface area contributed by atoms with Crippen LogP contribution in [0.25, 0.3) is 0 Å². The molecule has 2 aromatic rings. The molecular weight excluding hydrogens is 184 g/mol. The molecule has 0 amide bonds. The van der Waals surface area contributed by atoms with Crippen molar-refractivity contribution in [2.24, 2.45) is 0 Å². The van der Waals surface area contributed by atoms with Crippen molar-refractivity contribution in [3.8, 4) is 6.07 Å². The van der Waals surface area contributed by atoms with Gasteiger partial charge in [0.05, 0.1) is 6.54 Å². The van der Waals surface area contributed by atoms with Crippen LogP contribution in [0.15, 0.2) is 23.2 Å². The van der Waals surface area contributed by atoms with Gasteiger partial charge in [0, 0.05) is 0 Å². The van der Waals surface area contributed by atoms with Crippen LogP contribution >= 0.6 is 11.3 Å². The van der Waals surface area contributed by atoms with E-state index in [0.717, 1.165) is 0 Å². The fraction of sp³-hybridized carbons (Fsp3) is 0.125. The molecule has 0 aliphatic rings. The Balaban J connectivity index is 2.15. The Morgan fingerprint density at radius 1 is 1.62 bits per heavy atom. The summed E-state index contributed by atoms with van der Waals surface area (Å²) < 4.78 is 1.65. The van der Waals surface area contributed by atoms with Crippen LogP contribution in [0.5, 0.6) is 0 Å². The number of nitrogens with zero attached hydrogens (tertiary/aromatic N) is 4. The van der Waals surface area contributed by atoms with Gasteiger partial charge < -0.3 is 0 Å². The van der Waals surface area contributed by atoms with E-state index in [1.165, 1.54) is 5.56 Å². The maximum Gasteiger partial charge on any atom is 0.252 e. The Kier molecular flexibility index (Phi) is 2.06. The van der Waals surface area contributed by atoms with Gasteiger partial charge in [-0.25, -0.2) is 9.67 Å². The lowest BCUT2D eigenvalue weighted by atomic mass is 10.3. The van der Waals surface area contributed by atoms with Crippen molar-refractivity contribution in [3.05, 3.63) is 34.5 Å². The molecule has 13 heavy (non-hydrogen) atoms. The smallest absolute Gasteiger partial charge is 0.247 e. The molecule has 0 unspecified atom stereocenters. The normalized spacial score (nSPS) is 9.77. The van der Waals surface area contributed by atoms with Gasteiger partial charge in [-0.05, 0) is 22.4 Å². The van der Waals surface area contributed by atoms with Crippen LogP contribution < -0.4 is 0 Å². The van der Waals surface area contributed by atoms with E-state index < -0.39 is 0 Å². The average molecular weight is 190 g/mol. The lowest BCUT2D eigenvalue weighted by Gasteiger charge is -1.94. The first-order chi connectivity index (χ1) is 6.38. The van der Waals surface area contributed by atoms with Gasteiger partial charge in [0.2, 0.25) is 0 Å². The van der Waals surface area contributed by atoms with Gasteiger partial charge in [-0.1, -0.05) is 0 Å². The highest BCUT2D eigenvalue weighted by Gasteiger charge is 1.99. The molecule has 64 valence electrons. The summed E-state index contributed by atoms with van der Waals surface area (Å²) in [5, 5.41) is 16.5. The van der Waals surface area contributed by atoms with E-state index in [9.17, 15) is 0 Å². The molecular formula is C8H6N4S. The first-order valence-corrected chi connectivity index (χ1v) is 4.63. The maximum atomic E-state index is 8.49. The molecule has 0 fully saturated rings. The third kappa shape index (κ3) is 1.73. The standard InChI is InChI=1S/C8H6N4S/c9-3-8-10-6-12(11-8)4-7-1-2-13-5-7/h1-2,5-6H,4H2. The van der Waals surface area contributed by atoms with Gasteiger partial charge in [-0.2, -0.15) is 16.6 Å². The summed E-state index contributed by atoms with van der Waals surface area (Å²) in [5.74, 6) is 0.218. The molecule has 0 N–H and O–H groups in total. The fourth-order valence-electron chi connectivity index (χ4n) is 0.992. The first-order valence-electron chi connectivity index (χ1n) is 3.69. The predicted molar refractivity (Wildman–Crippen MR) is 48.2 cm³/mol. The number of nitriles is 1. The van der Waals surface area contributed by atoms with Gasteiger partial charge in [-0.3, -0.25) is 0 Å². The minimum Gasteiger partial charge on any atom is -0.247 e. The van der Waals surface area contributed by atoms with Crippen LogP contribution in [-0.4, -0.2) is 14.8 Å². The summed E-state index contributed by atoms with van der Waals surface area (Å²) in [5.41, 5.74) is 1.18. The summed E-state index contributed by atoms with van der Waals surface area (Å²) in [6.45, 7) is 0.679. The van der Waals surface area contributed by atoms with Crippen LogP contribution in [0.4, 0.5) is 0 Å². The second kappa shape index (κ2) is 3.37.